The average Bonchev–Trinajstić information content (AvgIpc) is 3.41. The fourth-order valence-corrected chi connectivity index (χ4v) is 8.92. The third-order valence-corrected chi connectivity index (χ3v) is 12.1. The van der Waals surface area contributed by atoms with Crippen LogP contribution in [-0.2, 0) is 15.6 Å². The first-order valence-corrected chi connectivity index (χ1v) is 17.6. The van der Waals surface area contributed by atoms with E-state index in [-0.39, 0.29) is 11.8 Å². The number of fused-ring (bicyclic) bond motifs is 2. The summed E-state index contributed by atoms with van der Waals surface area (Å²) in [6, 6.07) is 19.8. The predicted molar refractivity (Wildman–Crippen MR) is 167 cm³/mol. The second kappa shape index (κ2) is 11.1. The molecule has 10 heteroatoms. The summed E-state index contributed by atoms with van der Waals surface area (Å²) in [4.78, 5) is 35.0. The van der Waals surface area contributed by atoms with Gasteiger partial charge >= 0.3 is 0 Å². The zero-order chi connectivity index (χ0) is 29.3. The van der Waals surface area contributed by atoms with Gasteiger partial charge in [-0.15, -0.1) is 11.3 Å². The van der Waals surface area contributed by atoms with Crippen LogP contribution < -0.4 is 15.4 Å². The Bertz CT molecular complexity index is 1720. The summed E-state index contributed by atoms with van der Waals surface area (Å²) in [5.74, 6) is 0.208. The predicted octanol–water partition coefficient (Wildman–Crippen LogP) is 5.28. The number of hydrogen-bond donors (Lipinski definition) is 2. The number of anilines is 1. The number of amides is 2. The van der Waals surface area contributed by atoms with E-state index in [0.717, 1.165) is 34.2 Å². The molecular weight excluding hydrogens is 569 g/mol. The van der Waals surface area contributed by atoms with Gasteiger partial charge in [-0.05, 0) is 102 Å². The zero-order valence-electron chi connectivity index (χ0n) is 23.7. The first kappa shape index (κ1) is 28.3. The Labute approximate surface area is 249 Å². The molecule has 2 N–H and O–H groups in total. The van der Waals surface area contributed by atoms with Gasteiger partial charge in [0.15, 0.2) is 0 Å². The summed E-state index contributed by atoms with van der Waals surface area (Å²) in [7, 11) is -3.57. The van der Waals surface area contributed by atoms with E-state index in [0.29, 0.717) is 39.8 Å². The lowest BCUT2D eigenvalue weighted by atomic mass is 10.1. The first-order chi connectivity index (χ1) is 20.2. The summed E-state index contributed by atoms with van der Waals surface area (Å²) >= 11 is 1.51. The topological polar surface area (TPSA) is 101 Å². The number of thiazole rings is 1. The summed E-state index contributed by atoms with van der Waals surface area (Å²) in [5.41, 5.74) is 2.12. The van der Waals surface area contributed by atoms with Gasteiger partial charge in [0, 0.05) is 38.5 Å². The van der Waals surface area contributed by atoms with Crippen molar-refractivity contribution in [2.75, 3.05) is 44.1 Å². The summed E-state index contributed by atoms with van der Waals surface area (Å²) in [6.07, 6.45) is 7.44. The lowest BCUT2D eigenvalue weighted by Gasteiger charge is -2.35. The fourth-order valence-electron chi connectivity index (χ4n) is 5.34. The number of carbonyl (C=O) groups excluding carboxylic acids is 2. The highest BCUT2D eigenvalue weighted by Crippen LogP contribution is 2.46. The average molecular weight is 603 g/mol. The summed E-state index contributed by atoms with van der Waals surface area (Å²) in [6.45, 7) is 4.52. The summed E-state index contributed by atoms with van der Waals surface area (Å²) < 4.78 is 20.2. The molecule has 1 saturated heterocycles. The highest BCUT2D eigenvalue weighted by atomic mass is 32.3. The minimum atomic E-state index is -3.57. The third kappa shape index (κ3) is 5.62. The van der Waals surface area contributed by atoms with Crippen molar-refractivity contribution >= 4 is 37.9 Å². The Kier molecular flexibility index (Phi) is 7.46. The van der Waals surface area contributed by atoms with Crippen LogP contribution in [0.1, 0.15) is 38.4 Å². The van der Waals surface area contributed by atoms with E-state index >= 15 is 0 Å². The van der Waals surface area contributed by atoms with Crippen LogP contribution in [0.2, 0.25) is 0 Å². The van der Waals surface area contributed by atoms with Crippen molar-refractivity contribution in [2.45, 2.75) is 29.2 Å². The van der Waals surface area contributed by atoms with Crippen LogP contribution in [0.5, 0.6) is 5.75 Å². The molecule has 2 aliphatic rings. The molecule has 42 heavy (non-hydrogen) atoms. The van der Waals surface area contributed by atoms with Crippen molar-refractivity contribution in [3.8, 4) is 16.3 Å². The number of benzene rings is 3. The molecule has 0 spiro atoms. The molecule has 1 aromatic heterocycles. The van der Waals surface area contributed by atoms with Crippen molar-refractivity contribution < 1.29 is 18.5 Å². The quantitative estimate of drug-likeness (QED) is 0.253. The van der Waals surface area contributed by atoms with E-state index < -0.39 is 9.07 Å². The van der Waals surface area contributed by atoms with Gasteiger partial charge in [0.05, 0.1) is 24.4 Å². The highest BCUT2D eigenvalue weighted by molar-refractivity contribution is 8.19. The van der Waals surface area contributed by atoms with Crippen LogP contribution in [0.3, 0.4) is 0 Å². The van der Waals surface area contributed by atoms with Crippen LogP contribution >= 0.6 is 11.3 Å². The Morgan fingerprint density at radius 2 is 1.86 bits per heavy atom. The largest absolute Gasteiger partial charge is 0.494 e. The van der Waals surface area contributed by atoms with Crippen LogP contribution in [0.4, 0.5) is 5.69 Å². The Hall–Kier alpha value is -3.86. The smallest absolute Gasteiger partial charge is 0.256 e. The molecule has 0 radical (unpaired) electrons. The minimum Gasteiger partial charge on any atom is -0.494 e. The van der Waals surface area contributed by atoms with Gasteiger partial charge in [0.2, 0.25) is 0 Å². The molecule has 218 valence electrons. The number of nitrogens with zero attached hydrogens (tertiary/aromatic N) is 2. The maximum Gasteiger partial charge on any atom is 0.256 e. The Balaban J connectivity index is 1.09. The van der Waals surface area contributed by atoms with Gasteiger partial charge in [-0.3, -0.25) is 13.8 Å². The molecule has 0 unspecified atom stereocenters. The minimum absolute atomic E-state index is 0.296. The second-order valence-corrected chi connectivity index (χ2v) is 16.9. The van der Waals surface area contributed by atoms with Crippen molar-refractivity contribution in [3.63, 3.8) is 0 Å². The highest BCUT2D eigenvalue weighted by Gasteiger charge is 2.39. The molecule has 0 aliphatic carbocycles. The van der Waals surface area contributed by atoms with E-state index in [1.54, 1.807) is 61.2 Å². The monoisotopic (exact) mass is 602 g/mol. The Morgan fingerprint density at radius 3 is 2.62 bits per heavy atom. The normalized spacial score (nSPS) is 17.8. The van der Waals surface area contributed by atoms with Crippen LogP contribution in [0.15, 0.2) is 82.7 Å². The zero-order valence-corrected chi connectivity index (χ0v) is 25.4. The van der Waals surface area contributed by atoms with E-state index in [4.69, 9.17) is 4.74 Å². The standard InChI is InChI=1S/C32H34N4O4S2/c1-42(2,39)28-8-4-3-7-26(28)31(38)35-27-19-23(11-14-29(27)42)30(37)33-20-25-21-34-32(41-25)22-9-12-24(13-10-22)40-18-6-17-36-15-5-16-36/h3-4,7-14,19,21H,5-6,15-18,20H2,1-2H3,(H,33,37)(H,35,38). The van der Waals surface area contributed by atoms with E-state index in [9.17, 15) is 13.8 Å². The molecule has 0 saturated carbocycles. The van der Waals surface area contributed by atoms with E-state index in [1.807, 2.05) is 24.3 Å². The van der Waals surface area contributed by atoms with Crippen molar-refractivity contribution in [3.05, 3.63) is 88.9 Å². The van der Waals surface area contributed by atoms with Crippen molar-refractivity contribution in [1.82, 2.24) is 15.2 Å². The van der Waals surface area contributed by atoms with Crippen LogP contribution in [0.25, 0.3) is 10.6 Å². The Morgan fingerprint density at radius 1 is 1.07 bits per heavy atom. The first-order valence-electron chi connectivity index (χ1n) is 14.0. The number of hydrogen-bond acceptors (Lipinski definition) is 7. The van der Waals surface area contributed by atoms with Crippen molar-refractivity contribution in [2.24, 2.45) is 0 Å². The fraction of sp³-hybridized carbons (Fsp3) is 0.281. The van der Waals surface area contributed by atoms with Crippen LogP contribution in [-0.4, -0.2) is 64.7 Å². The number of nitrogens with one attached hydrogen (secondary N) is 2. The van der Waals surface area contributed by atoms with E-state index in [2.05, 4.69) is 20.5 Å². The number of rotatable bonds is 9. The van der Waals surface area contributed by atoms with Gasteiger partial charge in [0.1, 0.15) is 10.8 Å². The molecule has 0 bridgehead atoms. The molecule has 2 amide bonds. The molecule has 3 heterocycles. The van der Waals surface area contributed by atoms with E-state index in [1.165, 1.54) is 30.8 Å². The maximum absolute atomic E-state index is 14.3. The number of likely N-dealkylation sites (tertiary alicyclic amines) is 1. The molecule has 4 aromatic rings. The van der Waals surface area contributed by atoms with Gasteiger partial charge in [-0.2, -0.15) is 0 Å². The lowest BCUT2D eigenvalue weighted by Crippen LogP contribution is -2.38. The van der Waals surface area contributed by atoms with Gasteiger partial charge in [-0.1, -0.05) is 12.1 Å². The molecule has 2 aliphatic heterocycles. The number of ether oxygens (including phenoxy) is 1. The molecular formula is C32H34N4O4S2. The lowest BCUT2D eigenvalue weighted by molar-refractivity contribution is 0.0949. The molecule has 1 fully saturated rings. The second-order valence-electron chi connectivity index (χ2n) is 11.2. The number of carbonyl (C=O) groups is 2. The third-order valence-electron chi connectivity index (χ3n) is 7.81. The maximum atomic E-state index is 14.3. The molecule has 6 rings (SSSR count). The number of aromatic nitrogens is 1. The molecule has 3 aromatic carbocycles. The molecule has 8 nitrogen and oxygen atoms in total. The SMILES string of the molecule is CS1(C)(=O)c2ccc(C(=O)NCc3cnc(-c4ccc(OCCCN5CCC5)cc4)s3)cc2NC(=O)c2ccccc21. The van der Waals surface area contributed by atoms with Crippen LogP contribution in [0, 0.1) is 0 Å². The van der Waals surface area contributed by atoms with Crippen molar-refractivity contribution in [1.29, 1.82) is 0 Å². The van der Waals surface area contributed by atoms with Gasteiger partial charge in [0.25, 0.3) is 11.8 Å². The molecule has 0 atom stereocenters. The van der Waals surface area contributed by atoms with Gasteiger partial charge < -0.3 is 20.3 Å². The van der Waals surface area contributed by atoms with Gasteiger partial charge in [-0.25, -0.2) is 4.98 Å². The summed E-state index contributed by atoms with van der Waals surface area (Å²) in [5, 5.41) is 6.67.